The van der Waals surface area contributed by atoms with Gasteiger partial charge in [0.1, 0.15) is 6.54 Å². The second-order valence-corrected chi connectivity index (χ2v) is 3.55. The Morgan fingerprint density at radius 3 is 3.14 bits per heavy atom. The van der Waals surface area contributed by atoms with Crippen LogP contribution in [0.1, 0.15) is 24.2 Å². The smallest absolute Gasteiger partial charge is 0.325 e. The minimum atomic E-state index is -0.212. The molecule has 2 rings (SSSR count). The Kier molecular flexibility index (Phi) is 2.52. The van der Waals surface area contributed by atoms with Crippen LogP contribution >= 0.6 is 0 Å². The molecule has 0 aliphatic heterocycles. The number of hydrogen-bond donors (Lipinski definition) is 0. The molecule has 0 saturated heterocycles. The number of hydrogen-bond acceptors (Lipinski definition) is 3. The number of rotatable bonds is 2. The van der Waals surface area contributed by atoms with Crippen LogP contribution in [-0.4, -0.2) is 22.6 Å². The lowest BCUT2D eigenvalue weighted by molar-refractivity contribution is -0.141. The van der Waals surface area contributed by atoms with E-state index in [2.05, 4.69) is 9.72 Å². The number of esters is 1. The molecule has 0 N–H and O–H groups in total. The quantitative estimate of drug-likeness (QED) is 0.658. The number of fused-ring (bicyclic) bond motifs is 1. The summed E-state index contributed by atoms with van der Waals surface area (Å²) in [5.41, 5.74) is 2.36. The van der Waals surface area contributed by atoms with Crippen LogP contribution in [-0.2, 0) is 28.9 Å². The van der Waals surface area contributed by atoms with E-state index in [1.165, 1.54) is 25.6 Å². The number of nitrogens with zero attached hydrogens (tertiary/aromatic N) is 2. The Hall–Kier alpha value is -1.32. The van der Waals surface area contributed by atoms with Crippen molar-refractivity contribution in [3.63, 3.8) is 0 Å². The van der Waals surface area contributed by atoms with Crippen molar-refractivity contribution in [2.75, 3.05) is 7.11 Å². The third kappa shape index (κ3) is 1.64. The molecule has 14 heavy (non-hydrogen) atoms. The van der Waals surface area contributed by atoms with Crippen molar-refractivity contribution in [3.05, 3.63) is 17.7 Å². The van der Waals surface area contributed by atoms with Gasteiger partial charge in [0.15, 0.2) is 0 Å². The first kappa shape index (κ1) is 9.24. The molecule has 0 aromatic carbocycles. The lowest BCUT2D eigenvalue weighted by atomic mass is 10.0. The second kappa shape index (κ2) is 3.82. The van der Waals surface area contributed by atoms with E-state index in [1.54, 1.807) is 6.33 Å². The van der Waals surface area contributed by atoms with Gasteiger partial charge in [-0.2, -0.15) is 0 Å². The van der Waals surface area contributed by atoms with Gasteiger partial charge in [-0.05, 0) is 25.7 Å². The molecule has 0 bridgehead atoms. The fraction of sp³-hybridized carbons (Fsp3) is 0.600. The van der Waals surface area contributed by atoms with E-state index >= 15 is 0 Å². The molecular formula is C10H14N2O2. The van der Waals surface area contributed by atoms with Gasteiger partial charge in [0.05, 0.1) is 19.1 Å². The van der Waals surface area contributed by atoms with Crippen LogP contribution in [0.2, 0.25) is 0 Å². The summed E-state index contributed by atoms with van der Waals surface area (Å²) in [4.78, 5) is 15.4. The van der Waals surface area contributed by atoms with Crippen molar-refractivity contribution >= 4 is 5.97 Å². The van der Waals surface area contributed by atoms with E-state index in [4.69, 9.17) is 0 Å². The number of ether oxygens (including phenoxy) is 1. The predicted octanol–water partition coefficient (Wildman–Crippen LogP) is 0.935. The maximum atomic E-state index is 11.1. The SMILES string of the molecule is COC(=O)Cn1cnc2c1CCCC2. The van der Waals surface area contributed by atoms with Crippen molar-refractivity contribution in [2.45, 2.75) is 32.2 Å². The standard InChI is InChI=1S/C10H14N2O2/c1-14-10(13)6-12-7-11-8-4-2-3-5-9(8)12/h7H,2-6H2,1H3. The van der Waals surface area contributed by atoms with Crippen molar-refractivity contribution in [2.24, 2.45) is 0 Å². The van der Waals surface area contributed by atoms with Gasteiger partial charge in [-0.25, -0.2) is 4.98 Å². The first-order valence-electron chi connectivity index (χ1n) is 4.91. The van der Waals surface area contributed by atoms with Crippen molar-refractivity contribution in [3.8, 4) is 0 Å². The monoisotopic (exact) mass is 194 g/mol. The topological polar surface area (TPSA) is 44.1 Å². The minimum absolute atomic E-state index is 0.212. The predicted molar refractivity (Wildman–Crippen MR) is 50.9 cm³/mol. The van der Waals surface area contributed by atoms with Gasteiger partial charge in [-0.1, -0.05) is 0 Å². The first-order valence-corrected chi connectivity index (χ1v) is 4.91. The van der Waals surface area contributed by atoms with Crippen LogP contribution in [0.15, 0.2) is 6.33 Å². The maximum absolute atomic E-state index is 11.1. The summed E-state index contributed by atoms with van der Waals surface area (Å²) in [5, 5.41) is 0. The summed E-state index contributed by atoms with van der Waals surface area (Å²) in [5.74, 6) is -0.212. The molecule has 4 heteroatoms. The molecule has 1 heterocycles. The average molecular weight is 194 g/mol. The number of aryl methyl sites for hydroxylation is 1. The third-order valence-electron chi connectivity index (χ3n) is 2.64. The third-order valence-corrected chi connectivity index (χ3v) is 2.64. The van der Waals surface area contributed by atoms with Crippen molar-refractivity contribution in [1.29, 1.82) is 0 Å². The zero-order chi connectivity index (χ0) is 9.97. The molecular weight excluding hydrogens is 180 g/mol. The van der Waals surface area contributed by atoms with E-state index in [0.29, 0.717) is 6.54 Å². The number of carbonyl (C=O) groups excluding carboxylic acids is 1. The zero-order valence-electron chi connectivity index (χ0n) is 8.32. The normalized spacial score (nSPS) is 14.9. The minimum Gasteiger partial charge on any atom is -0.468 e. The molecule has 0 amide bonds. The molecule has 76 valence electrons. The average Bonchev–Trinajstić information content (AvgIpc) is 2.62. The Labute approximate surface area is 82.9 Å². The molecule has 1 aliphatic carbocycles. The Balaban J connectivity index is 2.18. The molecule has 4 nitrogen and oxygen atoms in total. The van der Waals surface area contributed by atoms with Crippen molar-refractivity contribution in [1.82, 2.24) is 9.55 Å². The molecule has 1 aromatic rings. The summed E-state index contributed by atoms with van der Waals surface area (Å²) in [6.07, 6.45) is 6.23. The van der Waals surface area contributed by atoms with Crippen LogP contribution in [0, 0.1) is 0 Å². The molecule has 0 atom stereocenters. The fourth-order valence-electron chi connectivity index (χ4n) is 1.87. The van der Waals surface area contributed by atoms with E-state index in [-0.39, 0.29) is 5.97 Å². The lowest BCUT2D eigenvalue weighted by Crippen LogP contribution is -2.15. The van der Waals surface area contributed by atoms with Gasteiger partial charge in [0, 0.05) is 5.69 Å². The molecule has 0 radical (unpaired) electrons. The van der Waals surface area contributed by atoms with Gasteiger partial charge in [-0.15, -0.1) is 0 Å². The largest absolute Gasteiger partial charge is 0.468 e. The number of methoxy groups -OCH3 is 1. The summed E-state index contributed by atoms with van der Waals surface area (Å²) in [7, 11) is 1.41. The summed E-state index contributed by atoms with van der Waals surface area (Å²) in [6.45, 7) is 0.291. The maximum Gasteiger partial charge on any atom is 0.325 e. The fourth-order valence-corrected chi connectivity index (χ4v) is 1.87. The highest BCUT2D eigenvalue weighted by Gasteiger charge is 2.16. The summed E-state index contributed by atoms with van der Waals surface area (Å²) < 4.78 is 6.53. The molecule has 1 aliphatic rings. The van der Waals surface area contributed by atoms with Crippen molar-refractivity contribution < 1.29 is 9.53 Å². The highest BCUT2D eigenvalue weighted by Crippen LogP contribution is 2.19. The van der Waals surface area contributed by atoms with Gasteiger partial charge in [0.25, 0.3) is 0 Å². The summed E-state index contributed by atoms with van der Waals surface area (Å²) >= 11 is 0. The van der Waals surface area contributed by atoms with Crippen LogP contribution in [0.4, 0.5) is 0 Å². The highest BCUT2D eigenvalue weighted by atomic mass is 16.5. The lowest BCUT2D eigenvalue weighted by Gasteiger charge is -2.12. The highest BCUT2D eigenvalue weighted by molar-refractivity contribution is 5.69. The van der Waals surface area contributed by atoms with Crippen LogP contribution in [0.25, 0.3) is 0 Å². The second-order valence-electron chi connectivity index (χ2n) is 3.55. The number of carbonyl (C=O) groups is 1. The Bertz CT molecular complexity index is 344. The summed E-state index contributed by atoms with van der Waals surface area (Å²) in [6, 6.07) is 0. The molecule has 1 aromatic heterocycles. The molecule has 0 fully saturated rings. The van der Waals surface area contributed by atoms with E-state index in [9.17, 15) is 4.79 Å². The van der Waals surface area contributed by atoms with Gasteiger partial charge >= 0.3 is 5.97 Å². The molecule has 0 unspecified atom stereocenters. The Morgan fingerprint density at radius 2 is 2.36 bits per heavy atom. The van der Waals surface area contributed by atoms with Gasteiger partial charge < -0.3 is 9.30 Å². The zero-order valence-corrected chi connectivity index (χ0v) is 8.32. The van der Waals surface area contributed by atoms with Crippen LogP contribution in [0.3, 0.4) is 0 Å². The van der Waals surface area contributed by atoms with Crippen LogP contribution < -0.4 is 0 Å². The Morgan fingerprint density at radius 1 is 1.57 bits per heavy atom. The van der Waals surface area contributed by atoms with E-state index in [1.807, 2.05) is 4.57 Å². The van der Waals surface area contributed by atoms with E-state index in [0.717, 1.165) is 18.5 Å². The van der Waals surface area contributed by atoms with Gasteiger partial charge in [0.2, 0.25) is 0 Å². The first-order chi connectivity index (χ1) is 6.81. The number of aromatic nitrogens is 2. The van der Waals surface area contributed by atoms with Gasteiger partial charge in [-0.3, -0.25) is 4.79 Å². The molecule has 0 spiro atoms. The van der Waals surface area contributed by atoms with E-state index < -0.39 is 0 Å². The molecule has 0 saturated carbocycles. The van der Waals surface area contributed by atoms with Crippen LogP contribution in [0.5, 0.6) is 0 Å². The number of imidazole rings is 1.